The summed E-state index contributed by atoms with van der Waals surface area (Å²) in [7, 11) is 1.40. The zero-order chi connectivity index (χ0) is 19.4. The summed E-state index contributed by atoms with van der Waals surface area (Å²) in [5, 5.41) is 3.18. The van der Waals surface area contributed by atoms with Gasteiger partial charge < -0.3 is 19.9 Å². The summed E-state index contributed by atoms with van der Waals surface area (Å²) in [5.41, 5.74) is 0. The smallest absolute Gasteiger partial charge is 0.317 e. The van der Waals surface area contributed by atoms with Crippen LogP contribution in [0.3, 0.4) is 0 Å². The van der Waals surface area contributed by atoms with Crippen LogP contribution in [0, 0.1) is 5.92 Å². The Hall–Kier alpha value is -1.30. The van der Waals surface area contributed by atoms with Crippen molar-refractivity contribution in [1.82, 2.24) is 15.1 Å². The van der Waals surface area contributed by atoms with Gasteiger partial charge in [-0.05, 0) is 45.3 Å². The van der Waals surface area contributed by atoms with Gasteiger partial charge in [0.2, 0.25) is 0 Å². The van der Waals surface area contributed by atoms with Gasteiger partial charge in [0.1, 0.15) is 0 Å². The van der Waals surface area contributed by atoms with Crippen LogP contribution in [0.15, 0.2) is 0 Å². The molecule has 1 aliphatic carbocycles. The molecule has 0 aliphatic heterocycles. The van der Waals surface area contributed by atoms with Crippen molar-refractivity contribution in [2.75, 3.05) is 39.8 Å². The maximum atomic E-state index is 12.8. The molecule has 152 valence electrons. The Balaban J connectivity index is 2.53. The molecule has 0 spiro atoms. The fraction of sp³-hybridized carbons (Fsp3) is 0.900. The Kier molecular flexibility index (Phi) is 11.3. The topological polar surface area (TPSA) is 61.9 Å². The van der Waals surface area contributed by atoms with Gasteiger partial charge in [0.25, 0.3) is 0 Å². The Morgan fingerprint density at radius 2 is 1.69 bits per heavy atom. The number of nitrogens with zero attached hydrogens (tertiary/aromatic N) is 2. The minimum absolute atomic E-state index is 0.0320. The Morgan fingerprint density at radius 1 is 1.08 bits per heavy atom. The quantitative estimate of drug-likeness (QED) is 0.448. The zero-order valence-corrected chi connectivity index (χ0v) is 17.3. The molecule has 2 amide bonds. The number of carbonyl (C=O) groups is 2. The van der Waals surface area contributed by atoms with Crippen molar-refractivity contribution < 1.29 is 14.3 Å². The van der Waals surface area contributed by atoms with Gasteiger partial charge in [0, 0.05) is 19.1 Å². The van der Waals surface area contributed by atoms with E-state index >= 15 is 0 Å². The monoisotopic (exact) mass is 369 g/mol. The molecule has 1 saturated carbocycles. The summed E-state index contributed by atoms with van der Waals surface area (Å²) in [6.07, 6.45) is 7.77. The highest BCUT2D eigenvalue weighted by molar-refractivity contribution is 5.76. The molecule has 1 atom stereocenters. The second kappa shape index (κ2) is 13.0. The van der Waals surface area contributed by atoms with Gasteiger partial charge in [-0.3, -0.25) is 4.79 Å². The summed E-state index contributed by atoms with van der Waals surface area (Å²) in [5.74, 6) is -0.566. The standard InChI is InChI=1S/C20H39N3O3/c1-5-22(6-2)14-10-11-15-23(16-17(3)19(24)26-4)20(25)21-18-12-8-7-9-13-18/h17-18H,5-16H2,1-4H3,(H,21,25). The number of unbranched alkanes of at least 4 members (excludes halogenated alkanes) is 1. The molecule has 1 aliphatic rings. The van der Waals surface area contributed by atoms with E-state index in [2.05, 4.69) is 24.1 Å². The number of amides is 2. The van der Waals surface area contributed by atoms with E-state index in [9.17, 15) is 9.59 Å². The number of hydrogen-bond donors (Lipinski definition) is 1. The van der Waals surface area contributed by atoms with E-state index in [0.29, 0.717) is 13.1 Å². The van der Waals surface area contributed by atoms with E-state index in [0.717, 1.165) is 45.3 Å². The molecular weight excluding hydrogens is 330 g/mol. The third-order valence-corrected chi connectivity index (χ3v) is 5.36. The molecule has 6 heteroatoms. The minimum Gasteiger partial charge on any atom is -0.469 e. The number of carbonyl (C=O) groups excluding carboxylic acids is 2. The molecule has 0 aromatic rings. The number of hydrogen-bond acceptors (Lipinski definition) is 4. The molecule has 0 radical (unpaired) electrons. The van der Waals surface area contributed by atoms with Gasteiger partial charge in [-0.25, -0.2) is 4.79 Å². The minimum atomic E-state index is -0.306. The zero-order valence-electron chi connectivity index (χ0n) is 17.3. The number of esters is 1. The summed E-state index contributed by atoms with van der Waals surface area (Å²) in [6, 6.07) is 0.248. The van der Waals surface area contributed by atoms with Gasteiger partial charge in [-0.1, -0.05) is 40.0 Å². The second-order valence-corrected chi connectivity index (χ2v) is 7.39. The molecule has 1 unspecified atom stereocenters. The third kappa shape index (κ3) is 8.39. The predicted octanol–water partition coefficient (Wildman–Crippen LogP) is 3.26. The van der Waals surface area contributed by atoms with E-state index < -0.39 is 0 Å². The number of methoxy groups -OCH3 is 1. The lowest BCUT2D eigenvalue weighted by Gasteiger charge is -2.30. The lowest BCUT2D eigenvalue weighted by molar-refractivity contribution is -0.145. The average Bonchev–Trinajstić information content (AvgIpc) is 2.67. The molecule has 0 aromatic heterocycles. The maximum Gasteiger partial charge on any atom is 0.317 e. The molecule has 0 bridgehead atoms. The van der Waals surface area contributed by atoms with Crippen LogP contribution in [0.25, 0.3) is 0 Å². The second-order valence-electron chi connectivity index (χ2n) is 7.39. The molecule has 6 nitrogen and oxygen atoms in total. The summed E-state index contributed by atoms with van der Waals surface area (Å²) >= 11 is 0. The molecule has 0 heterocycles. The van der Waals surface area contributed by atoms with Crippen LogP contribution in [0.1, 0.15) is 65.7 Å². The van der Waals surface area contributed by atoms with Crippen LogP contribution in [0.2, 0.25) is 0 Å². The van der Waals surface area contributed by atoms with E-state index in [4.69, 9.17) is 4.74 Å². The molecular formula is C20H39N3O3. The highest BCUT2D eigenvalue weighted by atomic mass is 16.5. The van der Waals surface area contributed by atoms with Crippen LogP contribution in [-0.2, 0) is 9.53 Å². The number of rotatable bonds is 11. The largest absolute Gasteiger partial charge is 0.469 e. The summed E-state index contributed by atoms with van der Waals surface area (Å²) in [6.45, 7) is 10.4. The van der Waals surface area contributed by atoms with E-state index in [-0.39, 0.29) is 24.0 Å². The van der Waals surface area contributed by atoms with Crippen molar-refractivity contribution in [2.45, 2.75) is 71.8 Å². The highest BCUT2D eigenvalue weighted by Crippen LogP contribution is 2.18. The molecule has 1 fully saturated rings. The van der Waals surface area contributed by atoms with Gasteiger partial charge in [0.15, 0.2) is 0 Å². The van der Waals surface area contributed by atoms with Crippen molar-refractivity contribution in [3.63, 3.8) is 0 Å². The normalized spacial score (nSPS) is 16.3. The molecule has 1 rings (SSSR count). The van der Waals surface area contributed by atoms with Crippen molar-refractivity contribution >= 4 is 12.0 Å². The Labute approximate surface area is 159 Å². The SMILES string of the molecule is CCN(CC)CCCCN(CC(C)C(=O)OC)C(=O)NC1CCCCC1. The van der Waals surface area contributed by atoms with Gasteiger partial charge >= 0.3 is 12.0 Å². The number of nitrogens with one attached hydrogen (secondary N) is 1. The van der Waals surface area contributed by atoms with Crippen LogP contribution in [-0.4, -0.2) is 67.7 Å². The molecule has 26 heavy (non-hydrogen) atoms. The Bertz CT molecular complexity index is 407. The number of ether oxygens (including phenoxy) is 1. The van der Waals surface area contributed by atoms with Gasteiger partial charge in [-0.15, -0.1) is 0 Å². The maximum absolute atomic E-state index is 12.8. The van der Waals surface area contributed by atoms with Crippen molar-refractivity contribution in [2.24, 2.45) is 5.92 Å². The lowest BCUT2D eigenvalue weighted by atomic mass is 9.96. The first-order valence-corrected chi connectivity index (χ1v) is 10.4. The average molecular weight is 370 g/mol. The lowest BCUT2D eigenvalue weighted by Crippen LogP contribution is -2.48. The first-order valence-electron chi connectivity index (χ1n) is 10.4. The molecule has 0 aromatic carbocycles. The van der Waals surface area contributed by atoms with Gasteiger partial charge in [-0.2, -0.15) is 0 Å². The summed E-state index contributed by atoms with van der Waals surface area (Å²) < 4.78 is 4.82. The fourth-order valence-electron chi connectivity index (χ4n) is 3.57. The van der Waals surface area contributed by atoms with Crippen LogP contribution < -0.4 is 5.32 Å². The first-order chi connectivity index (χ1) is 12.5. The number of urea groups is 1. The molecule has 1 N–H and O–H groups in total. The predicted molar refractivity (Wildman–Crippen MR) is 105 cm³/mol. The van der Waals surface area contributed by atoms with E-state index in [1.807, 2.05) is 6.92 Å². The van der Waals surface area contributed by atoms with E-state index in [1.54, 1.807) is 4.90 Å². The van der Waals surface area contributed by atoms with Crippen molar-refractivity contribution in [1.29, 1.82) is 0 Å². The highest BCUT2D eigenvalue weighted by Gasteiger charge is 2.24. The van der Waals surface area contributed by atoms with Gasteiger partial charge in [0.05, 0.1) is 13.0 Å². The summed E-state index contributed by atoms with van der Waals surface area (Å²) in [4.78, 5) is 28.7. The molecule has 0 saturated heterocycles. The Morgan fingerprint density at radius 3 is 2.27 bits per heavy atom. The van der Waals surface area contributed by atoms with Crippen LogP contribution >= 0.6 is 0 Å². The third-order valence-electron chi connectivity index (χ3n) is 5.36. The fourth-order valence-corrected chi connectivity index (χ4v) is 3.57. The van der Waals surface area contributed by atoms with Crippen LogP contribution in [0.4, 0.5) is 4.79 Å². The van der Waals surface area contributed by atoms with Crippen molar-refractivity contribution in [3.05, 3.63) is 0 Å². The van der Waals surface area contributed by atoms with Crippen LogP contribution in [0.5, 0.6) is 0 Å². The van der Waals surface area contributed by atoms with Crippen molar-refractivity contribution in [3.8, 4) is 0 Å². The first kappa shape index (κ1) is 22.7. The van der Waals surface area contributed by atoms with E-state index in [1.165, 1.54) is 26.4 Å².